The average Bonchev–Trinajstić information content (AvgIpc) is 2.11. The third-order valence-electron chi connectivity index (χ3n) is 1.71. The van der Waals surface area contributed by atoms with Gasteiger partial charge in [0.05, 0.1) is 6.61 Å². The second kappa shape index (κ2) is 6.80. The van der Waals surface area contributed by atoms with Gasteiger partial charge in [0.2, 0.25) is 0 Å². The topological polar surface area (TPSA) is 72.5 Å². The SMILES string of the molecule is CCC(N)CC(OCCF)C(=O)O. The smallest absolute Gasteiger partial charge is 0.332 e. The molecule has 13 heavy (non-hydrogen) atoms. The quantitative estimate of drug-likeness (QED) is 0.619. The molecule has 5 heteroatoms. The molecule has 78 valence electrons. The van der Waals surface area contributed by atoms with Gasteiger partial charge in [0, 0.05) is 6.04 Å². The van der Waals surface area contributed by atoms with Crippen molar-refractivity contribution in [2.45, 2.75) is 31.9 Å². The number of carbonyl (C=O) groups is 1. The monoisotopic (exact) mass is 193 g/mol. The summed E-state index contributed by atoms with van der Waals surface area (Å²) in [5.41, 5.74) is 5.55. The number of hydrogen-bond donors (Lipinski definition) is 2. The minimum Gasteiger partial charge on any atom is -0.479 e. The zero-order valence-corrected chi connectivity index (χ0v) is 7.70. The molecule has 0 aliphatic heterocycles. The molecule has 0 aliphatic carbocycles. The number of carboxylic acids is 1. The molecule has 0 fully saturated rings. The van der Waals surface area contributed by atoms with E-state index in [1.165, 1.54) is 0 Å². The lowest BCUT2D eigenvalue weighted by molar-refractivity contribution is -0.151. The number of alkyl halides is 1. The van der Waals surface area contributed by atoms with Crippen LogP contribution in [-0.2, 0) is 9.53 Å². The third-order valence-corrected chi connectivity index (χ3v) is 1.71. The van der Waals surface area contributed by atoms with Gasteiger partial charge in [0.1, 0.15) is 6.67 Å². The van der Waals surface area contributed by atoms with Crippen LogP contribution >= 0.6 is 0 Å². The standard InChI is InChI=1S/C8H16FNO3/c1-2-6(10)5-7(8(11)12)13-4-3-9/h6-7H,2-5,10H2,1H3,(H,11,12). The zero-order chi connectivity index (χ0) is 10.3. The molecule has 0 heterocycles. The van der Waals surface area contributed by atoms with Gasteiger partial charge in [-0.1, -0.05) is 6.92 Å². The van der Waals surface area contributed by atoms with Gasteiger partial charge in [0.25, 0.3) is 0 Å². The van der Waals surface area contributed by atoms with E-state index in [4.69, 9.17) is 15.6 Å². The highest BCUT2D eigenvalue weighted by molar-refractivity contribution is 5.72. The molecule has 3 N–H and O–H groups in total. The number of nitrogens with two attached hydrogens (primary N) is 1. The summed E-state index contributed by atoms with van der Waals surface area (Å²) >= 11 is 0. The molecule has 4 nitrogen and oxygen atoms in total. The van der Waals surface area contributed by atoms with Gasteiger partial charge in [-0.2, -0.15) is 0 Å². The molecule has 0 saturated heterocycles. The van der Waals surface area contributed by atoms with Crippen LogP contribution in [0.4, 0.5) is 4.39 Å². The molecule has 0 aromatic carbocycles. The van der Waals surface area contributed by atoms with E-state index in [2.05, 4.69) is 0 Å². The maximum atomic E-state index is 11.7. The van der Waals surface area contributed by atoms with Crippen molar-refractivity contribution in [3.63, 3.8) is 0 Å². The third kappa shape index (κ3) is 5.54. The molecule has 0 spiro atoms. The summed E-state index contributed by atoms with van der Waals surface area (Å²) in [5.74, 6) is -1.09. The number of aliphatic carboxylic acids is 1. The Balaban J connectivity index is 3.87. The first-order chi connectivity index (χ1) is 6.11. The number of rotatable bonds is 7. The van der Waals surface area contributed by atoms with Crippen molar-refractivity contribution in [1.82, 2.24) is 0 Å². The Hall–Kier alpha value is -0.680. The van der Waals surface area contributed by atoms with E-state index < -0.39 is 18.7 Å². The fraction of sp³-hybridized carbons (Fsp3) is 0.875. The van der Waals surface area contributed by atoms with Gasteiger partial charge in [-0.05, 0) is 12.8 Å². The molecule has 0 aromatic heterocycles. The summed E-state index contributed by atoms with van der Waals surface area (Å²) in [4.78, 5) is 10.6. The summed E-state index contributed by atoms with van der Waals surface area (Å²) in [6.45, 7) is 0.997. The molecular weight excluding hydrogens is 177 g/mol. The van der Waals surface area contributed by atoms with Crippen LogP contribution in [0.25, 0.3) is 0 Å². The van der Waals surface area contributed by atoms with Crippen LogP contribution in [0.3, 0.4) is 0 Å². The lowest BCUT2D eigenvalue weighted by Gasteiger charge is -2.16. The van der Waals surface area contributed by atoms with Crippen LogP contribution in [0.5, 0.6) is 0 Å². The predicted octanol–water partition coefficient (Wildman–Crippen LogP) is 0.553. The zero-order valence-electron chi connectivity index (χ0n) is 7.70. The molecule has 0 aliphatic rings. The number of ether oxygens (including phenoxy) is 1. The largest absolute Gasteiger partial charge is 0.479 e. The summed E-state index contributed by atoms with van der Waals surface area (Å²) in [7, 11) is 0. The lowest BCUT2D eigenvalue weighted by atomic mass is 10.1. The average molecular weight is 193 g/mol. The highest BCUT2D eigenvalue weighted by Gasteiger charge is 2.20. The molecule has 2 unspecified atom stereocenters. The molecule has 0 bridgehead atoms. The van der Waals surface area contributed by atoms with Crippen molar-refractivity contribution in [3.05, 3.63) is 0 Å². The van der Waals surface area contributed by atoms with Crippen LogP contribution in [-0.4, -0.2) is 36.5 Å². The van der Waals surface area contributed by atoms with E-state index in [1.54, 1.807) is 0 Å². The van der Waals surface area contributed by atoms with Crippen LogP contribution < -0.4 is 5.73 Å². The Morgan fingerprint density at radius 3 is 2.69 bits per heavy atom. The van der Waals surface area contributed by atoms with Crippen molar-refractivity contribution in [3.8, 4) is 0 Å². The van der Waals surface area contributed by atoms with E-state index >= 15 is 0 Å². The van der Waals surface area contributed by atoms with Gasteiger partial charge < -0.3 is 15.6 Å². The Morgan fingerprint density at radius 2 is 2.31 bits per heavy atom. The highest BCUT2D eigenvalue weighted by Crippen LogP contribution is 2.04. The van der Waals surface area contributed by atoms with Crippen LogP contribution in [0.15, 0.2) is 0 Å². The second-order valence-corrected chi connectivity index (χ2v) is 2.79. The normalized spacial score (nSPS) is 15.3. The molecular formula is C8H16FNO3. The minimum atomic E-state index is -1.09. The minimum absolute atomic E-state index is 0.187. The first kappa shape index (κ1) is 12.3. The van der Waals surface area contributed by atoms with Crippen molar-refractivity contribution >= 4 is 5.97 Å². The fourth-order valence-electron chi connectivity index (χ4n) is 0.869. The first-order valence-electron chi connectivity index (χ1n) is 4.27. The summed E-state index contributed by atoms with van der Waals surface area (Å²) in [6, 6.07) is -0.208. The lowest BCUT2D eigenvalue weighted by Crippen LogP contribution is -2.33. The molecule has 2 atom stereocenters. The van der Waals surface area contributed by atoms with Crippen LogP contribution in [0.2, 0.25) is 0 Å². The Kier molecular flexibility index (Phi) is 6.44. The van der Waals surface area contributed by atoms with E-state index in [1.807, 2.05) is 6.92 Å². The van der Waals surface area contributed by atoms with Crippen LogP contribution in [0.1, 0.15) is 19.8 Å². The summed E-state index contributed by atoms with van der Waals surface area (Å²) in [6.07, 6.45) is -0.0695. The molecule has 0 amide bonds. The molecule has 0 radical (unpaired) electrons. The fourth-order valence-corrected chi connectivity index (χ4v) is 0.869. The van der Waals surface area contributed by atoms with Crippen LogP contribution in [0, 0.1) is 0 Å². The van der Waals surface area contributed by atoms with Crippen molar-refractivity contribution < 1.29 is 19.0 Å². The molecule has 0 saturated carbocycles. The van der Waals surface area contributed by atoms with Gasteiger partial charge in [-0.15, -0.1) is 0 Å². The Morgan fingerprint density at radius 1 is 1.69 bits per heavy atom. The summed E-state index contributed by atoms with van der Waals surface area (Å²) in [5, 5.41) is 8.64. The van der Waals surface area contributed by atoms with E-state index in [0.29, 0.717) is 6.42 Å². The molecule has 0 rings (SSSR count). The number of hydrogen-bond acceptors (Lipinski definition) is 3. The van der Waals surface area contributed by atoms with Crippen molar-refractivity contribution in [2.24, 2.45) is 5.73 Å². The van der Waals surface area contributed by atoms with Crippen molar-refractivity contribution in [1.29, 1.82) is 0 Å². The van der Waals surface area contributed by atoms with E-state index in [0.717, 1.165) is 0 Å². The van der Waals surface area contributed by atoms with E-state index in [9.17, 15) is 9.18 Å². The van der Waals surface area contributed by atoms with Crippen molar-refractivity contribution in [2.75, 3.05) is 13.3 Å². The number of halogens is 1. The van der Waals surface area contributed by atoms with Gasteiger partial charge in [-0.3, -0.25) is 0 Å². The maximum absolute atomic E-state index is 11.7. The number of carboxylic acid groups (broad SMARTS) is 1. The van der Waals surface area contributed by atoms with Gasteiger partial charge in [0.15, 0.2) is 6.10 Å². The molecule has 0 aromatic rings. The Labute approximate surface area is 76.9 Å². The predicted molar refractivity (Wildman–Crippen MR) is 46.2 cm³/mol. The highest BCUT2D eigenvalue weighted by atomic mass is 19.1. The summed E-state index contributed by atoms with van der Waals surface area (Å²) < 4.78 is 16.5. The Bertz CT molecular complexity index is 154. The maximum Gasteiger partial charge on any atom is 0.332 e. The van der Waals surface area contributed by atoms with Gasteiger partial charge >= 0.3 is 5.97 Å². The van der Waals surface area contributed by atoms with E-state index in [-0.39, 0.29) is 19.1 Å². The van der Waals surface area contributed by atoms with Gasteiger partial charge in [-0.25, -0.2) is 9.18 Å². The second-order valence-electron chi connectivity index (χ2n) is 2.79. The first-order valence-corrected chi connectivity index (χ1v) is 4.27.